The highest BCUT2D eigenvalue weighted by Gasteiger charge is 2.07. The second-order valence-corrected chi connectivity index (χ2v) is 2.94. The summed E-state index contributed by atoms with van der Waals surface area (Å²) in [7, 11) is 0. The van der Waals surface area contributed by atoms with Gasteiger partial charge in [-0.25, -0.2) is 4.79 Å². The highest BCUT2D eigenvalue weighted by atomic mass is 79.9. The first-order chi connectivity index (χ1) is 4.57. The van der Waals surface area contributed by atoms with E-state index in [1.807, 2.05) is 0 Å². The minimum Gasteiger partial charge on any atom is -0.465 e. The van der Waals surface area contributed by atoms with E-state index in [-0.39, 0.29) is 0 Å². The molecule has 1 amide bonds. The maximum absolute atomic E-state index is 10.3. The van der Waals surface area contributed by atoms with Crippen LogP contribution in [0.15, 0.2) is 11.1 Å². The molecule has 0 rings (SSSR count). The molecule has 3 nitrogen and oxygen atoms in total. The number of hydrogen-bond acceptors (Lipinski definition) is 1. The van der Waals surface area contributed by atoms with Crippen molar-refractivity contribution in [2.24, 2.45) is 0 Å². The summed E-state index contributed by atoms with van der Waals surface area (Å²) in [6, 6.07) is 0. The van der Waals surface area contributed by atoms with Crippen molar-refractivity contribution in [3.63, 3.8) is 0 Å². The fourth-order valence-electron chi connectivity index (χ4n) is 0.522. The summed E-state index contributed by atoms with van der Waals surface area (Å²) in [4.78, 5) is 11.6. The molecule has 0 aliphatic rings. The van der Waals surface area contributed by atoms with Crippen LogP contribution < -0.4 is 0 Å². The van der Waals surface area contributed by atoms with Crippen LogP contribution in [0, 0.1) is 0 Å². The molecular formula is C6H10BrNO2. The number of rotatable bonds is 3. The van der Waals surface area contributed by atoms with Gasteiger partial charge < -0.3 is 10.0 Å². The summed E-state index contributed by atoms with van der Waals surface area (Å²) in [5.74, 6) is 0. The second-order valence-electron chi connectivity index (χ2n) is 1.81. The molecule has 0 atom stereocenters. The molecule has 4 heteroatoms. The van der Waals surface area contributed by atoms with E-state index in [0.717, 1.165) is 0 Å². The molecule has 0 fully saturated rings. The summed E-state index contributed by atoms with van der Waals surface area (Å²) in [6.45, 7) is 6.16. The lowest BCUT2D eigenvalue weighted by Crippen LogP contribution is -2.29. The summed E-state index contributed by atoms with van der Waals surface area (Å²) < 4.78 is 0.678. The van der Waals surface area contributed by atoms with Gasteiger partial charge in [0.1, 0.15) is 0 Å². The van der Waals surface area contributed by atoms with E-state index >= 15 is 0 Å². The van der Waals surface area contributed by atoms with Crippen molar-refractivity contribution in [2.75, 3.05) is 13.1 Å². The molecule has 0 aromatic carbocycles. The van der Waals surface area contributed by atoms with Gasteiger partial charge in [-0.05, 0) is 6.92 Å². The van der Waals surface area contributed by atoms with Gasteiger partial charge in [0, 0.05) is 11.0 Å². The molecule has 0 aliphatic carbocycles. The molecule has 0 aromatic rings. The summed E-state index contributed by atoms with van der Waals surface area (Å²) in [5.41, 5.74) is 0. The van der Waals surface area contributed by atoms with Crippen LogP contribution in [0.25, 0.3) is 0 Å². The van der Waals surface area contributed by atoms with Crippen LogP contribution in [-0.4, -0.2) is 29.2 Å². The van der Waals surface area contributed by atoms with E-state index in [0.29, 0.717) is 17.6 Å². The molecule has 0 saturated carbocycles. The summed E-state index contributed by atoms with van der Waals surface area (Å²) >= 11 is 3.08. The predicted octanol–water partition coefficient (Wildman–Crippen LogP) is 1.89. The van der Waals surface area contributed by atoms with Crippen molar-refractivity contribution in [1.29, 1.82) is 0 Å². The van der Waals surface area contributed by atoms with E-state index in [2.05, 4.69) is 22.5 Å². The highest BCUT2D eigenvalue weighted by Crippen LogP contribution is 2.03. The average Bonchev–Trinajstić information content (AvgIpc) is 1.81. The molecule has 0 aliphatic heterocycles. The lowest BCUT2D eigenvalue weighted by Gasteiger charge is -2.15. The van der Waals surface area contributed by atoms with Crippen LogP contribution in [0.3, 0.4) is 0 Å². The summed E-state index contributed by atoms with van der Waals surface area (Å²) in [5, 5.41) is 8.49. The predicted molar refractivity (Wildman–Crippen MR) is 43.3 cm³/mol. The van der Waals surface area contributed by atoms with Crippen LogP contribution in [0.4, 0.5) is 4.79 Å². The second kappa shape index (κ2) is 4.33. The lowest BCUT2D eigenvalue weighted by molar-refractivity contribution is 0.152. The zero-order chi connectivity index (χ0) is 8.15. The average molecular weight is 208 g/mol. The van der Waals surface area contributed by atoms with Gasteiger partial charge in [0.15, 0.2) is 0 Å². The zero-order valence-electron chi connectivity index (χ0n) is 5.80. The number of likely N-dealkylation sites (N-methyl/N-ethyl adjacent to an activating group) is 1. The third-order valence-electron chi connectivity index (χ3n) is 1.01. The maximum atomic E-state index is 10.3. The van der Waals surface area contributed by atoms with Gasteiger partial charge in [-0.2, -0.15) is 0 Å². The van der Waals surface area contributed by atoms with Crippen LogP contribution in [-0.2, 0) is 0 Å². The Morgan fingerprint density at radius 2 is 2.30 bits per heavy atom. The Morgan fingerprint density at radius 3 is 2.40 bits per heavy atom. The van der Waals surface area contributed by atoms with Gasteiger partial charge in [0.25, 0.3) is 0 Å². The molecule has 0 spiro atoms. The Bertz CT molecular complexity index is 147. The molecule has 58 valence electrons. The number of carbonyl (C=O) groups is 1. The van der Waals surface area contributed by atoms with Crippen LogP contribution in [0.5, 0.6) is 0 Å². The number of carboxylic acid groups (broad SMARTS) is 1. The van der Waals surface area contributed by atoms with E-state index in [1.54, 1.807) is 6.92 Å². The molecule has 0 bridgehead atoms. The third kappa shape index (κ3) is 3.50. The van der Waals surface area contributed by atoms with Crippen LogP contribution in [0.2, 0.25) is 0 Å². The fourth-order valence-corrected chi connectivity index (χ4v) is 0.824. The first kappa shape index (κ1) is 9.49. The standard InChI is InChI=1S/C6H10BrNO2/c1-3-8(6(9)10)4-5(2)7/h2-4H2,1H3,(H,9,10). The lowest BCUT2D eigenvalue weighted by atomic mass is 10.5. The highest BCUT2D eigenvalue weighted by molar-refractivity contribution is 9.11. The number of hydrogen-bond donors (Lipinski definition) is 1. The van der Waals surface area contributed by atoms with E-state index in [4.69, 9.17) is 5.11 Å². The normalized spacial score (nSPS) is 9.00. The number of amides is 1. The molecule has 0 aromatic heterocycles. The Balaban J connectivity index is 3.83. The van der Waals surface area contributed by atoms with Crippen molar-refractivity contribution in [2.45, 2.75) is 6.92 Å². The Kier molecular flexibility index (Phi) is 4.11. The monoisotopic (exact) mass is 207 g/mol. The quantitative estimate of drug-likeness (QED) is 0.769. The Hall–Kier alpha value is -0.510. The number of halogens is 1. The SMILES string of the molecule is C=C(Br)CN(CC)C(=O)O. The maximum Gasteiger partial charge on any atom is 0.407 e. The topological polar surface area (TPSA) is 40.5 Å². The van der Waals surface area contributed by atoms with Crippen molar-refractivity contribution < 1.29 is 9.90 Å². The van der Waals surface area contributed by atoms with E-state index in [1.165, 1.54) is 4.90 Å². The van der Waals surface area contributed by atoms with E-state index in [9.17, 15) is 4.79 Å². The Labute approximate surface area is 68.5 Å². The molecular weight excluding hydrogens is 198 g/mol. The molecule has 0 saturated heterocycles. The van der Waals surface area contributed by atoms with Gasteiger partial charge in [-0.15, -0.1) is 0 Å². The van der Waals surface area contributed by atoms with Crippen LogP contribution >= 0.6 is 15.9 Å². The third-order valence-corrected chi connectivity index (χ3v) is 1.27. The van der Waals surface area contributed by atoms with Crippen molar-refractivity contribution >= 4 is 22.0 Å². The summed E-state index contributed by atoms with van der Waals surface area (Å²) in [6.07, 6.45) is -0.914. The van der Waals surface area contributed by atoms with Gasteiger partial charge in [0.05, 0.1) is 6.54 Å². The minimum atomic E-state index is -0.914. The molecule has 10 heavy (non-hydrogen) atoms. The molecule has 1 N–H and O–H groups in total. The minimum absolute atomic E-state index is 0.353. The van der Waals surface area contributed by atoms with Gasteiger partial charge >= 0.3 is 6.09 Å². The fraction of sp³-hybridized carbons (Fsp3) is 0.500. The first-order valence-corrected chi connectivity index (χ1v) is 3.68. The molecule has 0 heterocycles. The molecule has 0 unspecified atom stereocenters. The molecule has 0 radical (unpaired) electrons. The zero-order valence-corrected chi connectivity index (χ0v) is 7.39. The van der Waals surface area contributed by atoms with Gasteiger partial charge in [0.2, 0.25) is 0 Å². The Morgan fingerprint density at radius 1 is 1.80 bits per heavy atom. The van der Waals surface area contributed by atoms with E-state index < -0.39 is 6.09 Å². The smallest absolute Gasteiger partial charge is 0.407 e. The largest absolute Gasteiger partial charge is 0.465 e. The van der Waals surface area contributed by atoms with Crippen molar-refractivity contribution in [3.05, 3.63) is 11.1 Å². The number of nitrogens with zero attached hydrogens (tertiary/aromatic N) is 1. The van der Waals surface area contributed by atoms with Crippen molar-refractivity contribution in [1.82, 2.24) is 4.90 Å². The first-order valence-electron chi connectivity index (χ1n) is 2.89. The van der Waals surface area contributed by atoms with Crippen LogP contribution in [0.1, 0.15) is 6.92 Å². The van der Waals surface area contributed by atoms with Gasteiger partial charge in [-0.3, -0.25) is 0 Å². The van der Waals surface area contributed by atoms with Gasteiger partial charge in [-0.1, -0.05) is 22.5 Å². The van der Waals surface area contributed by atoms with Crippen molar-refractivity contribution in [3.8, 4) is 0 Å².